The van der Waals surface area contributed by atoms with Crippen LogP contribution in [0, 0.1) is 0 Å². The molecule has 1 amide bonds. The number of hydrogen-bond donors (Lipinski definition) is 3. The summed E-state index contributed by atoms with van der Waals surface area (Å²) < 4.78 is 0. The van der Waals surface area contributed by atoms with Crippen LogP contribution in [0.5, 0.6) is 0 Å². The van der Waals surface area contributed by atoms with E-state index in [1.807, 2.05) is 12.1 Å². The second-order valence-corrected chi connectivity index (χ2v) is 4.61. The average Bonchev–Trinajstić information content (AvgIpc) is 2.87. The van der Waals surface area contributed by atoms with E-state index in [1.54, 1.807) is 0 Å². The number of nitrogens with one attached hydrogen (secondary N) is 2. The fourth-order valence-electron chi connectivity index (χ4n) is 2.37. The number of rotatable bonds is 2. The van der Waals surface area contributed by atoms with Crippen molar-refractivity contribution in [2.24, 2.45) is 0 Å². The SMILES string of the molecule is Nc1cc2c(cc1NC1CC=CC1)NC(=O)C2. The molecule has 0 bridgehead atoms. The van der Waals surface area contributed by atoms with Crippen molar-refractivity contribution in [1.29, 1.82) is 0 Å². The second kappa shape index (κ2) is 3.80. The molecule has 2 aliphatic rings. The Morgan fingerprint density at radius 3 is 2.82 bits per heavy atom. The molecule has 1 aromatic rings. The summed E-state index contributed by atoms with van der Waals surface area (Å²) in [5, 5.41) is 6.25. The van der Waals surface area contributed by atoms with Crippen LogP contribution in [0.3, 0.4) is 0 Å². The van der Waals surface area contributed by atoms with Crippen LogP contribution < -0.4 is 16.4 Å². The Bertz CT molecular complexity index is 500. The Hall–Kier alpha value is -1.97. The zero-order chi connectivity index (χ0) is 11.8. The fourth-order valence-corrected chi connectivity index (χ4v) is 2.37. The summed E-state index contributed by atoms with van der Waals surface area (Å²) in [4.78, 5) is 11.3. The molecule has 88 valence electrons. The smallest absolute Gasteiger partial charge is 0.228 e. The first-order chi connectivity index (χ1) is 8.22. The van der Waals surface area contributed by atoms with Gasteiger partial charge in [0.15, 0.2) is 0 Å². The Balaban J connectivity index is 1.85. The summed E-state index contributed by atoms with van der Waals surface area (Å²) in [5.74, 6) is 0.0408. The Morgan fingerprint density at radius 2 is 2.06 bits per heavy atom. The number of nitrogens with two attached hydrogens (primary N) is 1. The molecule has 0 saturated carbocycles. The first-order valence-corrected chi connectivity index (χ1v) is 5.86. The molecule has 3 rings (SSSR count). The van der Waals surface area contributed by atoms with E-state index in [-0.39, 0.29) is 5.91 Å². The molecule has 0 spiro atoms. The minimum absolute atomic E-state index is 0.0408. The molecule has 0 aromatic heterocycles. The van der Waals surface area contributed by atoms with Crippen molar-refractivity contribution in [2.45, 2.75) is 25.3 Å². The van der Waals surface area contributed by atoms with Gasteiger partial charge in [0.05, 0.1) is 17.8 Å². The summed E-state index contributed by atoms with van der Waals surface area (Å²) in [6.07, 6.45) is 6.84. The lowest BCUT2D eigenvalue weighted by Gasteiger charge is -2.16. The van der Waals surface area contributed by atoms with Gasteiger partial charge in [0, 0.05) is 11.7 Å². The molecule has 0 saturated heterocycles. The van der Waals surface area contributed by atoms with Crippen molar-refractivity contribution < 1.29 is 4.79 Å². The highest BCUT2D eigenvalue weighted by Crippen LogP contribution is 2.32. The predicted molar refractivity (Wildman–Crippen MR) is 69.0 cm³/mol. The van der Waals surface area contributed by atoms with Crippen LogP contribution in [0.25, 0.3) is 0 Å². The minimum atomic E-state index is 0.0408. The van der Waals surface area contributed by atoms with Crippen LogP contribution in [0.15, 0.2) is 24.3 Å². The van der Waals surface area contributed by atoms with Gasteiger partial charge in [0.2, 0.25) is 5.91 Å². The lowest BCUT2D eigenvalue weighted by atomic mass is 10.1. The summed E-state index contributed by atoms with van der Waals surface area (Å²) in [6, 6.07) is 4.25. The van der Waals surface area contributed by atoms with Gasteiger partial charge < -0.3 is 16.4 Å². The summed E-state index contributed by atoms with van der Waals surface area (Å²) in [5.41, 5.74) is 9.50. The molecule has 1 heterocycles. The van der Waals surface area contributed by atoms with Gasteiger partial charge in [0.25, 0.3) is 0 Å². The maximum absolute atomic E-state index is 11.3. The molecule has 4 nitrogen and oxygen atoms in total. The van der Waals surface area contributed by atoms with E-state index in [2.05, 4.69) is 22.8 Å². The lowest BCUT2D eigenvalue weighted by molar-refractivity contribution is -0.115. The largest absolute Gasteiger partial charge is 0.397 e. The molecule has 1 aliphatic heterocycles. The average molecular weight is 229 g/mol. The first kappa shape index (κ1) is 10.2. The highest BCUT2D eigenvalue weighted by molar-refractivity contribution is 6.00. The van der Waals surface area contributed by atoms with Gasteiger partial charge in [-0.05, 0) is 30.5 Å². The van der Waals surface area contributed by atoms with E-state index in [0.717, 1.165) is 29.8 Å². The van der Waals surface area contributed by atoms with E-state index in [9.17, 15) is 4.79 Å². The van der Waals surface area contributed by atoms with Crippen molar-refractivity contribution in [3.05, 3.63) is 29.8 Å². The van der Waals surface area contributed by atoms with Crippen LogP contribution in [0.4, 0.5) is 17.1 Å². The molecule has 4 heteroatoms. The maximum Gasteiger partial charge on any atom is 0.228 e. The van der Waals surface area contributed by atoms with Gasteiger partial charge in [-0.25, -0.2) is 0 Å². The van der Waals surface area contributed by atoms with Gasteiger partial charge in [-0.1, -0.05) is 12.2 Å². The zero-order valence-corrected chi connectivity index (χ0v) is 9.49. The van der Waals surface area contributed by atoms with Crippen molar-refractivity contribution in [3.63, 3.8) is 0 Å². The van der Waals surface area contributed by atoms with E-state index in [1.165, 1.54) is 0 Å². The van der Waals surface area contributed by atoms with Crippen LogP contribution >= 0.6 is 0 Å². The number of hydrogen-bond acceptors (Lipinski definition) is 3. The summed E-state index contributed by atoms with van der Waals surface area (Å²) >= 11 is 0. The van der Waals surface area contributed by atoms with Crippen molar-refractivity contribution >= 4 is 23.0 Å². The van der Waals surface area contributed by atoms with Gasteiger partial charge in [-0.3, -0.25) is 4.79 Å². The standard InChI is InChI=1S/C13H15N3O/c14-10-5-8-6-13(17)16-11(8)7-12(10)15-9-3-1-2-4-9/h1-2,5,7,9,15H,3-4,6,14H2,(H,16,17). The summed E-state index contributed by atoms with van der Waals surface area (Å²) in [6.45, 7) is 0. The highest BCUT2D eigenvalue weighted by atomic mass is 16.1. The van der Waals surface area contributed by atoms with Gasteiger partial charge >= 0.3 is 0 Å². The molecule has 1 aliphatic carbocycles. The topological polar surface area (TPSA) is 67.2 Å². The molecule has 17 heavy (non-hydrogen) atoms. The third kappa shape index (κ3) is 1.86. The number of anilines is 3. The third-order valence-electron chi connectivity index (χ3n) is 3.27. The van der Waals surface area contributed by atoms with Crippen LogP contribution in [0.2, 0.25) is 0 Å². The Kier molecular flexibility index (Phi) is 2.28. The number of carbonyl (C=O) groups excluding carboxylic acids is 1. The van der Waals surface area contributed by atoms with E-state index in [0.29, 0.717) is 18.2 Å². The van der Waals surface area contributed by atoms with Crippen molar-refractivity contribution in [2.75, 3.05) is 16.4 Å². The third-order valence-corrected chi connectivity index (χ3v) is 3.27. The molecular weight excluding hydrogens is 214 g/mol. The fraction of sp³-hybridized carbons (Fsp3) is 0.308. The van der Waals surface area contributed by atoms with Gasteiger partial charge in [-0.15, -0.1) is 0 Å². The molecular formula is C13H15N3O. The maximum atomic E-state index is 11.3. The van der Waals surface area contributed by atoms with Crippen LogP contribution in [0.1, 0.15) is 18.4 Å². The lowest BCUT2D eigenvalue weighted by Crippen LogP contribution is -2.16. The van der Waals surface area contributed by atoms with Crippen molar-refractivity contribution in [3.8, 4) is 0 Å². The molecule has 0 atom stereocenters. The monoisotopic (exact) mass is 229 g/mol. The van der Waals surface area contributed by atoms with Gasteiger partial charge in [0.1, 0.15) is 0 Å². The van der Waals surface area contributed by atoms with Crippen LogP contribution in [-0.2, 0) is 11.2 Å². The summed E-state index contributed by atoms with van der Waals surface area (Å²) in [7, 11) is 0. The van der Waals surface area contributed by atoms with Crippen molar-refractivity contribution in [1.82, 2.24) is 0 Å². The molecule has 0 unspecified atom stereocenters. The number of nitrogen functional groups attached to an aromatic ring is 1. The predicted octanol–water partition coefficient (Wildman–Crippen LogP) is 1.89. The Labute approximate surface area is 99.9 Å². The van der Waals surface area contributed by atoms with E-state index in [4.69, 9.17) is 5.73 Å². The number of benzene rings is 1. The highest BCUT2D eigenvalue weighted by Gasteiger charge is 2.20. The number of amides is 1. The molecule has 4 N–H and O–H groups in total. The number of carbonyl (C=O) groups is 1. The van der Waals surface area contributed by atoms with Crippen LogP contribution in [-0.4, -0.2) is 11.9 Å². The Morgan fingerprint density at radius 1 is 1.29 bits per heavy atom. The molecule has 0 radical (unpaired) electrons. The van der Waals surface area contributed by atoms with E-state index >= 15 is 0 Å². The number of fused-ring (bicyclic) bond motifs is 1. The molecule has 1 aromatic carbocycles. The van der Waals surface area contributed by atoms with Gasteiger partial charge in [-0.2, -0.15) is 0 Å². The second-order valence-electron chi connectivity index (χ2n) is 4.61. The first-order valence-electron chi connectivity index (χ1n) is 5.86. The zero-order valence-electron chi connectivity index (χ0n) is 9.49. The molecule has 0 fully saturated rings. The van der Waals surface area contributed by atoms with E-state index < -0.39 is 0 Å². The quantitative estimate of drug-likeness (QED) is 0.536. The minimum Gasteiger partial charge on any atom is -0.397 e. The normalized spacial score (nSPS) is 18.2.